The Kier molecular flexibility index (Phi) is 3.45. The van der Waals surface area contributed by atoms with E-state index in [-0.39, 0.29) is 0 Å². The first-order chi connectivity index (χ1) is 6.90. The fourth-order valence-corrected chi connectivity index (χ4v) is 2.51. The van der Waals surface area contributed by atoms with Crippen molar-refractivity contribution in [1.82, 2.24) is 9.03 Å². The van der Waals surface area contributed by atoms with Gasteiger partial charge in [-0.05, 0) is 12.0 Å². The molecule has 3 heteroatoms. The summed E-state index contributed by atoms with van der Waals surface area (Å²) in [6.45, 7) is 4.48. The van der Waals surface area contributed by atoms with Gasteiger partial charge in [-0.3, -0.25) is 0 Å². The van der Waals surface area contributed by atoms with E-state index < -0.39 is 0 Å². The van der Waals surface area contributed by atoms with E-state index in [0.29, 0.717) is 6.04 Å². The summed E-state index contributed by atoms with van der Waals surface area (Å²) in [5.74, 6) is 0. The number of nitrogens with zero attached hydrogens (tertiary/aromatic N) is 1. The maximum atomic E-state index is 3.48. The molecule has 1 heterocycles. The van der Waals surface area contributed by atoms with Crippen LogP contribution in [0.4, 0.5) is 0 Å². The van der Waals surface area contributed by atoms with Crippen LogP contribution >= 0.6 is 12.1 Å². The normalized spacial score (nSPS) is 23.6. The zero-order valence-corrected chi connectivity index (χ0v) is 9.26. The average Bonchev–Trinajstić information content (AvgIpc) is 2.30. The lowest BCUT2D eigenvalue weighted by Gasteiger charge is -2.30. The van der Waals surface area contributed by atoms with Crippen molar-refractivity contribution in [3.8, 4) is 0 Å². The van der Waals surface area contributed by atoms with Gasteiger partial charge in [0.05, 0.1) is 0 Å². The molecule has 0 amide bonds. The van der Waals surface area contributed by atoms with E-state index in [2.05, 4.69) is 46.3 Å². The average molecular weight is 208 g/mol. The smallest absolute Gasteiger partial charge is 0.0446 e. The quantitative estimate of drug-likeness (QED) is 0.752. The second-order valence-electron chi connectivity index (χ2n) is 3.48. The summed E-state index contributed by atoms with van der Waals surface area (Å²) in [4.78, 5) is 0. The first-order valence-electron chi connectivity index (χ1n) is 5.12. The largest absolute Gasteiger partial charge is 0.243 e. The van der Waals surface area contributed by atoms with Crippen molar-refractivity contribution in [2.75, 3.05) is 13.1 Å². The Bertz CT molecular complexity index is 268. The maximum Gasteiger partial charge on any atom is 0.0446 e. The summed E-state index contributed by atoms with van der Waals surface area (Å²) in [5, 5.41) is 0. The Morgan fingerprint density at radius 3 is 2.79 bits per heavy atom. The van der Waals surface area contributed by atoms with E-state index in [1.54, 1.807) is 12.1 Å². The van der Waals surface area contributed by atoms with Gasteiger partial charge in [0.2, 0.25) is 0 Å². The monoisotopic (exact) mass is 208 g/mol. The fourth-order valence-electron chi connectivity index (χ4n) is 1.66. The summed E-state index contributed by atoms with van der Waals surface area (Å²) in [6, 6.07) is 11.2. The van der Waals surface area contributed by atoms with E-state index in [1.807, 2.05) is 0 Å². The third-order valence-electron chi connectivity index (χ3n) is 2.55. The molecule has 1 atom stereocenters. The molecule has 1 aromatic carbocycles. The molecule has 14 heavy (non-hydrogen) atoms. The predicted molar refractivity (Wildman–Crippen MR) is 61.8 cm³/mol. The van der Waals surface area contributed by atoms with Gasteiger partial charge in [0, 0.05) is 31.3 Å². The first-order valence-corrected chi connectivity index (χ1v) is 5.90. The molecule has 1 N–H and O–H groups in total. The molecule has 0 bridgehead atoms. The molecule has 2 rings (SSSR count). The summed E-state index contributed by atoms with van der Waals surface area (Å²) in [6.07, 6.45) is 1.20. The Morgan fingerprint density at radius 2 is 2.21 bits per heavy atom. The lowest BCUT2D eigenvalue weighted by Crippen LogP contribution is -2.32. The van der Waals surface area contributed by atoms with Crippen LogP contribution in [0.5, 0.6) is 0 Å². The van der Waals surface area contributed by atoms with Gasteiger partial charge in [-0.25, -0.2) is 9.03 Å². The predicted octanol–water partition coefficient (Wildman–Crippen LogP) is 2.61. The van der Waals surface area contributed by atoms with Crippen LogP contribution in [0, 0.1) is 0 Å². The van der Waals surface area contributed by atoms with Crippen molar-refractivity contribution >= 4 is 12.1 Å². The molecule has 0 saturated carbocycles. The van der Waals surface area contributed by atoms with Gasteiger partial charge in [0.25, 0.3) is 0 Å². The summed E-state index contributed by atoms with van der Waals surface area (Å²) in [7, 11) is 0. The molecule has 1 unspecified atom stereocenters. The van der Waals surface area contributed by atoms with Gasteiger partial charge in [0.15, 0.2) is 0 Å². The second-order valence-corrected chi connectivity index (χ2v) is 4.42. The van der Waals surface area contributed by atoms with Crippen LogP contribution in [0.2, 0.25) is 0 Å². The minimum absolute atomic E-state index is 0.518. The summed E-state index contributed by atoms with van der Waals surface area (Å²) in [5.41, 5.74) is 1.40. The van der Waals surface area contributed by atoms with Crippen LogP contribution in [0.25, 0.3) is 0 Å². The Morgan fingerprint density at radius 1 is 1.43 bits per heavy atom. The van der Waals surface area contributed by atoms with Gasteiger partial charge in [-0.2, -0.15) is 0 Å². The van der Waals surface area contributed by atoms with E-state index in [4.69, 9.17) is 0 Å². The molecule has 1 aliphatic rings. The minimum Gasteiger partial charge on any atom is -0.243 e. The highest BCUT2D eigenvalue weighted by Gasteiger charge is 2.18. The van der Waals surface area contributed by atoms with E-state index >= 15 is 0 Å². The van der Waals surface area contributed by atoms with Crippen molar-refractivity contribution in [2.45, 2.75) is 19.4 Å². The van der Waals surface area contributed by atoms with Crippen LogP contribution in [-0.4, -0.2) is 17.4 Å². The highest BCUT2D eigenvalue weighted by atomic mass is 32.2. The van der Waals surface area contributed by atoms with Crippen molar-refractivity contribution in [3.63, 3.8) is 0 Å². The summed E-state index contributed by atoms with van der Waals surface area (Å²) < 4.78 is 5.83. The van der Waals surface area contributed by atoms with Crippen LogP contribution in [0.1, 0.15) is 24.9 Å². The zero-order chi connectivity index (χ0) is 9.80. The standard InChI is InChI=1S/C11H16N2S/c1-2-13-9-8-11(12-14-13)10-6-4-3-5-7-10/h3-7,11-12H,2,8-9H2,1H3. The third kappa shape index (κ3) is 2.29. The molecular weight excluding hydrogens is 192 g/mol. The molecule has 2 nitrogen and oxygen atoms in total. The highest BCUT2D eigenvalue weighted by molar-refractivity contribution is 7.95. The van der Waals surface area contributed by atoms with Crippen molar-refractivity contribution < 1.29 is 0 Å². The SMILES string of the molecule is CCN1CCC(c2ccccc2)NS1. The number of benzene rings is 1. The molecule has 0 radical (unpaired) electrons. The van der Waals surface area contributed by atoms with E-state index in [1.165, 1.54) is 18.5 Å². The Balaban J connectivity index is 1.96. The highest BCUT2D eigenvalue weighted by Crippen LogP contribution is 2.26. The van der Waals surface area contributed by atoms with Crippen molar-refractivity contribution in [1.29, 1.82) is 0 Å². The Labute approximate surface area is 90.0 Å². The van der Waals surface area contributed by atoms with Gasteiger partial charge >= 0.3 is 0 Å². The molecular formula is C11H16N2S. The van der Waals surface area contributed by atoms with Crippen LogP contribution < -0.4 is 4.72 Å². The fraction of sp³-hybridized carbons (Fsp3) is 0.455. The topological polar surface area (TPSA) is 15.3 Å². The van der Waals surface area contributed by atoms with Crippen molar-refractivity contribution in [3.05, 3.63) is 35.9 Å². The van der Waals surface area contributed by atoms with Gasteiger partial charge in [0.1, 0.15) is 0 Å². The molecule has 1 fully saturated rings. The van der Waals surface area contributed by atoms with Crippen LogP contribution in [-0.2, 0) is 0 Å². The number of hydrogen-bond acceptors (Lipinski definition) is 3. The molecule has 76 valence electrons. The molecule has 0 aromatic heterocycles. The minimum atomic E-state index is 0.518. The van der Waals surface area contributed by atoms with Gasteiger partial charge < -0.3 is 0 Å². The van der Waals surface area contributed by atoms with Crippen molar-refractivity contribution in [2.24, 2.45) is 0 Å². The molecule has 0 aliphatic carbocycles. The van der Waals surface area contributed by atoms with E-state index in [0.717, 1.165) is 6.54 Å². The molecule has 1 aliphatic heterocycles. The summed E-state index contributed by atoms with van der Waals surface area (Å²) >= 11 is 1.75. The second kappa shape index (κ2) is 4.82. The lowest BCUT2D eigenvalue weighted by molar-refractivity contribution is 0.411. The molecule has 1 aromatic rings. The van der Waals surface area contributed by atoms with Crippen LogP contribution in [0.15, 0.2) is 30.3 Å². The molecule has 0 spiro atoms. The maximum absolute atomic E-state index is 3.48. The number of hydrogen-bond donors (Lipinski definition) is 1. The Hall–Kier alpha value is -0.510. The first kappa shape index (κ1) is 10.0. The van der Waals surface area contributed by atoms with E-state index in [9.17, 15) is 0 Å². The van der Waals surface area contributed by atoms with Gasteiger partial charge in [-0.1, -0.05) is 37.3 Å². The number of nitrogens with one attached hydrogen (secondary N) is 1. The number of rotatable bonds is 2. The molecule has 1 saturated heterocycles. The van der Waals surface area contributed by atoms with Gasteiger partial charge in [-0.15, -0.1) is 0 Å². The third-order valence-corrected chi connectivity index (χ3v) is 3.63. The van der Waals surface area contributed by atoms with Crippen LogP contribution in [0.3, 0.4) is 0 Å². The zero-order valence-electron chi connectivity index (χ0n) is 8.44. The lowest BCUT2D eigenvalue weighted by atomic mass is 10.1.